The number of hydrogen-bond donors (Lipinski definition) is 0. The first-order valence-electron chi connectivity index (χ1n) is 30.6. The van der Waals surface area contributed by atoms with Crippen LogP contribution in [0.5, 0.6) is 11.5 Å². The van der Waals surface area contributed by atoms with Crippen molar-refractivity contribution in [3.05, 3.63) is 223 Å². The van der Waals surface area contributed by atoms with Crippen LogP contribution in [0.25, 0.3) is 83.4 Å². The lowest BCUT2D eigenvalue weighted by Crippen LogP contribution is -2.32. The van der Waals surface area contributed by atoms with E-state index in [1.54, 1.807) is 59.2 Å². The fraction of sp³-hybridized carbons (Fsp3) is 0.156. The normalized spacial score (nSPS) is 15.7. The SMILES string of the molecule is [2H]c1c([2H])c([2H])c(-c2cc(C(C)(C)C)cc(-c3c([2H])c([2H])c([2H])c([2H])c3[2H])c2-[n+]2[c-]n(-c3cccc(Oc4ccc5c6ccccc6n(-c6cc(C(C)(C)C)ccn6)c5c4)c3)c3cc(-c4c(C([2H])([2H])[2H])cccc4C([2H])([2H])[2H])ccc32)c([2H])c1[2H]. The van der Waals surface area contributed by atoms with E-state index in [0.29, 0.717) is 22.7 Å². The van der Waals surface area contributed by atoms with Crippen molar-refractivity contribution in [3.63, 3.8) is 0 Å². The molecule has 3 aromatic heterocycles. The number of nitrogens with zero attached hydrogens (tertiary/aromatic N) is 4. The number of benzene rings is 8. The van der Waals surface area contributed by atoms with E-state index in [1.807, 2.05) is 69.4 Å². The topological polar surface area (TPSA) is 35.9 Å². The molecule has 5 heteroatoms. The Morgan fingerprint density at radius 2 is 1.22 bits per heavy atom. The van der Waals surface area contributed by atoms with Gasteiger partial charge in [-0.15, -0.1) is 0 Å². The summed E-state index contributed by atoms with van der Waals surface area (Å²) in [7, 11) is 0. The number of para-hydroxylation sites is 1. The predicted molar refractivity (Wildman–Crippen MR) is 285 cm³/mol. The molecule has 338 valence electrons. The molecule has 0 saturated heterocycles. The first-order chi connectivity index (χ1) is 39.9. The zero-order chi connectivity index (χ0) is 61.3. The maximum atomic E-state index is 9.39. The Balaban J connectivity index is 1.22. The second-order valence-electron chi connectivity index (χ2n) is 19.2. The van der Waals surface area contributed by atoms with Gasteiger partial charge in [0.25, 0.3) is 6.33 Å². The number of hydrogen-bond acceptors (Lipinski definition) is 2. The van der Waals surface area contributed by atoms with E-state index in [-0.39, 0.29) is 66.6 Å². The highest BCUT2D eigenvalue weighted by Crippen LogP contribution is 2.41. The maximum absolute atomic E-state index is 9.39. The summed E-state index contributed by atoms with van der Waals surface area (Å²) in [5.74, 6) is 1.56. The van der Waals surface area contributed by atoms with E-state index in [0.717, 1.165) is 33.2 Å². The lowest BCUT2D eigenvalue weighted by Gasteiger charge is -2.25. The van der Waals surface area contributed by atoms with Crippen LogP contribution < -0.4 is 9.30 Å². The molecular formula is C64H56N4O. The van der Waals surface area contributed by atoms with E-state index in [4.69, 9.17) is 26.2 Å². The average molecular weight is 913 g/mol. The fourth-order valence-electron chi connectivity index (χ4n) is 9.03. The molecule has 8 aromatic carbocycles. The minimum absolute atomic E-state index is 0.00579. The van der Waals surface area contributed by atoms with Gasteiger partial charge in [0.05, 0.1) is 47.1 Å². The Kier molecular flexibility index (Phi) is 7.12. The zero-order valence-corrected chi connectivity index (χ0v) is 38.9. The lowest BCUT2D eigenvalue weighted by atomic mass is 9.82. The second kappa shape index (κ2) is 16.9. The third-order valence-corrected chi connectivity index (χ3v) is 12.5. The lowest BCUT2D eigenvalue weighted by molar-refractivity contribution is -0.571. The van der Waals surface area contributed by atoms with E-state index < -0.39 is 79.5 Å². The van der Waals surface area contributed by atoms with Gasteiger partial charge in [0, 0.05) is 31.3 Å². The minimum atomic E-state index is -2.78. The molecule has 3 heterocycles. The number of rotatable bonds is 8. The second-order valence-corrected chi connectivity index (χ2v) is 19.2. The van der Waals surface area contributed by atoms with Gasteiger partial charge < -0.3 is 4.74 Å². The van der Waals surface area contributed by atoms with Gasteiger partial charge in [-0.05, 0) is 135 Å². The van der Waals surface area contributed by atoms with Gasteiger partial charge in [-0.3, -0.25) is 13.7 Å². The van der Waals surface area contributed by atoms with E-state index in [9.17, 15) is 5.48 Å². The molecule has 0 amide bonds. The number of pyridine rings is 1. The monoisotopic (exact) mass is 913 g/mol. The quantitative estimate of drug-likeness (QED) is 0.112. The van der Waals surface area contributed by atoms with Crippen LogP contribution in [0.2, 0.25) is 0 Å². The number of aromatic nitrogens is 4. The molecule has 0 fully saturated rings. The van der Waals surface area contributed by atoms with Crippen molar-refractivity contribution >= 4 is 32.8 Å². The number of fused-ring (bicyclic) bond motifs is 4. The summed E-state index contributed by atoms with van der Waals surface area (Å²) in [5, 5.41) is 1.98. The van der Waals surface area contributed by atoms with Gasteiger partial charge in [0.1, 0.15) is 17.3 Å². The Morgan fingerprint density at radius 1 is 0.565 bits per heavy atom. The van der Waals surface area contributed by atoms with Gasteiger partial charge >= 0.3 is 0 Å². The summed E-state index contributed by atoms with van der Waals surface area (Å²) in [5.41, 5.74) is 2.70. The Hall–Kier alpha value is -8.02. The molecule has 0 atom stereocenters. The van der Waals surface area contributed by atoms with Crippen LogP contribution in [0.1, 0.15) is 85.7 Å². The molecule has 0 aliphatic heterocycles. The molecule has 11 rings (SSSR count). The number of imidazole rings is 1. The van der Waals surface area contributed by atoms with Crippen LogP contribution in [0.3, 0.4) is 0 Å². The average Bonchev–Trinajstić information content (AvgIpc) is 2.55. The maximum Gasteiger partial charge on any atom is 0.269 e. The molecule has 0 unspecified atom stereocenters. The fourth-order valence-corrected chi connectivity index (χ4v) is 9.03. The molecular weight excluding hydrogens is 841 g/mol. The van der Waals surface area contributed by atoms with Crippen LogP contribution >= 0.6 is 0 Å². The van der Waals surface area contributed by atoms with E-state index in [2.05, 4.69) is 43.8 Å². The van der Waals surface area contributed by atoms with Crippen molar-refractivity contribution in [2.45, 2.75) is 66.1 Å². The number of ether oxygens (including phenoxy) is 1. The Morgan fingerprint density at radius 3 is 1.90 bits per heavy atom. The Labute approximate surface area is 428 Å². The first-order valence-corrected chi connectivity index (χ1v) is 22.6. The van der Waals surface area contributed by atoms with Crippen LogP contribution in [0, 0.1) is 20.0 Å². The highest BCUT2D eigenvalue weighted by molar-refractivity contribution is 6.09. The van der Waals surface area contributed by atoms with E-state index in [1.165, 1.54) is 22.8 Å². The molecule has 0 radical (unpaired) electrons. The molecule has 0 bridgehead atoms. The van der Waals surface area contributed by atoms with Crippen LogP contribution in [-0.4, -0.2) is 14.1 Å². The van der Waals surface area contributed by atoms with Crippen molar-refractivity contribution in [3.8, 4) is 62.1 Å². The molecule has 0 saturated carbocycles. The molecule has 0 N–H and O–H groups in total. The molecule has 0 spiro atoms. The van der Waals surface area contributed by atoms with Gasteiger partial charge in [-0.2, -0.15) is 0 Å². The third kappa shape index (κ3) is 7.98. The zero-order valence-electron chi connectivity index (χ0n) is 54.9. The highest BCUT2D eigenvalue weighted by Gasteiger charge is 2.25. The van der Waals surface area contributed by atoms with Crippen LogP contribution in [-0.2, 0) is 10.8 Å². The smallest absolute Gasteiger partial charge is 0.269 e. The first kappa shape index (κ1) is 29.0. The number of aryl methyl sites for hydroxylation is 2. The summed E-state index contributed by atoms with van der Waals surface area (Å²) in [6.45, 7) is 6.54. The third-order valence-electron chi connectivity index (χ3n) is 12.5. The van der Waals surface area contributed by atoms with Gasteiger partial charge in [-0.25, -0.2) is 4.98 Å². The molecule has 5 nitrogen and oxygen atoms in total. The highest BCUT2D eigenvalue weighted by atomic mass is 16.5. The summed E-state index contributed by atoms with van der Waals surface area (Å²) >= 11 is 0. The van der Waals surface area contributed by atoms with Crippen molar-refractivity contribution in [1.29, 1.82) is 0 Å². The van der Waals surface area contributed by atoms with E-state index >= 15 is 0 Å². The molecule has 0 aliphatic carbocycles. The standard InChI is InChI=1S/C64H56N4O/c1-42-19-17-20-43(2)61(42)46-29-32-57-59(35-46)66(41-67(57)62-54(44-21-11-9-12-22-44)36-48(64(6,7)8)37-55(62)45-23-13-10-14-24-45)49-25-18-26-50(39-49)69-51-30-31-53-52-27-15-16-28-56(52)68(58(53)40-51)60-38-47(33-34-65-60)63(3,4)5/h9-40H,1-8H3/i1D3,2D3,9D,10D,11D,12D,13D,14D,21D,22D,23D,24D. The predicted octanol–water partition coefficient (Wildman–Crippen LogP) is 16.2. The molecule has 69 heavy (non-hydrogen) atoms. The van der Waals surface area contributed by atoms with Gasteiger partial charge in [-0.1, -0.05) is 169 Å². The van der Waals surface area contributed by atoms with Gasteiger partial charge in [0.2, 0.25) is 0 Å². The minimum Gasteiger partial charge on any atom is -0.458 e. The van der Waals surface area contributed by atoms with Crippen molar-refractivity contribution in [2.24, 2.45) is 0 Å². The van der Waals surface area contributed by atoms with Gasteiger partial charge in [0.15, 0.2) is 0 Å². The summed E-state index contributed by atoms with van der Waals surface area (Å²) < 4.78 is 154. The Bertz CT molecular complexity index is 4400. The van der Waals surface area contributed by atoms with Crippen LogP contribution in [0.4, 0.5) is 0 Å². The van der Waals surface area contributed by atoms with Crippen molar-refractivity contribution in [2.75, 3.05) is 0 Å². The summed E-state index contributed by atoms with van der Waals surface area (Å²) in [6, 6.07) is 31.0. The van der Waals surface area contributed by atoms with Crippen molar-refractivity contribution < 1.29 is 31.2 Å². The summed E-state index contributed by atoms with van der Waals surface area (Å²) in [6.07, 6.45) is 5.25. The molecule has 0 aliphatic rings. The largest absolute Gasteiger partial charge is 0.458 e. The molecule has 11 aromatic rings. The van der Waals surface area contributed by atoms with Crippen molar-refractivity contribution in [1.82, 2.24) is 14.1 Å². The van der Waals surface area contributed by atoms with Crippen LogP contribution in [0.15, 0.2) is 194 Å². The summed E-state index contributed by atoms with van der Waals surface area (Å²) in [4.78, 5) is 4.83.